The van der Waals surface area contributed by atoms with Crippen LogP contribution in [0.3, 0.4) is 0 Å². The number of benzene rings is 1. The molecule has 1 aromatic carbocycles. The number of fused-ring (bicyclic) bond motifs is 1. The van der Waals surface area contributed by atoms with E-state index < -0.39 is 0 Å². The fraction of sp³-hybridized carbons (Fsp3) is 0. The maximum atomic E-state index is 8.63. The van der Waals surface area contributed by atoms with Gasteiger partial charge in [0.2, 0.25) is 0 Å². The molecule has 2 heteroatoms. The number of hydrogen-bond donors (Lipinski definition) is 0. The van der Waals surface area contributed by atoms with E-state index in [1.54, 1.807) is 6.20 Å². The van der Waals surface area contributed by atoms with Gasteiger partial charge in [-0.1, -0.05) is 18.2 Å². The average molecular weight is 141 g/mol. The van der Waals surface area contributed by atoms with E-state index in [0.717, 1.165) is 11.3 Å². The second-order valence-electron chi connectivity index (χ2n) is 2.30. The monoisotopic (exact) mass is 141 g/mol. The largest absolute Gasteiger partial charge is 0.255 e. The normalized spacial score (nSPS) is 12.8. The highest BCUT2D eigenvalue weighted by atomic mass is 14.9. The molecule has 2 rings (SSSR count). The molecule has 51 valence electrons. The third-order valence-electron chi connectivity index (χ3n) is 1.65. The summed E-state index contributed by atoms with van der Waals surface area (Å²) in [7, 11) is 0. The standard InChI is InChI=1S/C9H5N2/c10-5-7-6-11-9-4-2-1-3-8(7)9/h1-4,6H. The number of allylic oxidation sites excluding steroid dienone is 1. The summed E-state index contributed by atoms with van der Waals surface area (Å²) in [5.74, 6) is 0. The molecule has 0 aliphatic carbocycles. The first-order valence-electron chi connectivity index (χ1n) is 3.32. The van der Waals surface area contributed by atoms with E-state index in [4.69, 9.17) is 5.26 Å². The number of nitrogens with zero attached hydrogens (tertiary/aromatic N) is 2. The first-order valence-corrected chi connectivity index (χ1v) is 3.32. The number of hydrogen-bond acceptors (Lipinski definition) is 1. The molecule has 0 saturated heterocycles. The SMILES string of the molecule is N#CC1=C[N]c2ccccc21. The van der Waals surface area contributed by atoms with Crippen molar-refractivity contribution in [2.45, 2.75) is 0 Å². The predicted molar refractivity (Wildman–Crippen MR) is 41.8 cm³/mol. The van der Waals surface area contributed by atoms with Crippen LogP contribution in [-0.4, -0.2) is 0 Å². The van der Waals surface area contributed by atoms with Gasteiger partial charge in [-0.25, -0.2) is 0 Å². The van der Waals surface area contributed by atoms with Crippen LogP contribution in [0.15, 0.2) is 30.5 Å². The van der Waals surface area contributed by atoms with Gasteiger partial charge in [0.15, 0.2) is 0 Å². The van der Waals surface area contributed by atoms with Gasteiger partial charge in [0.25, 0.3) is 0 Å². The molecule has 1 heterocycles. The Morgan fingerprint density at radius 2 is 2.09 bits per heavy atom. The molecule has 0 amide bonds. The molecule has 0 unspecified atom stereocenters. The summed E-state index contributed by atoms with van der Waals surface area (Å²) in [6.45, 7) is 0. The smallest absolute Gasteiger partial charge is 0.101 e. The van der Waals surface area contributed by atoms with Crippen molar-refractivity contribution >= 4 is 11.3 Å². The van der Waals surface area contributed by atoms with E-state index in [0.29, 0.717) is 5.57 Å². The van der Waals surface area contributed by atoms with Crippen molar-refractivity contribution in [3.8, 4) is 6.07 Å². The van der Waals surface area contributed by atoms with Crippen molar-refractivity contribution in [3.05, 3.63) is 36.0 Å². The van der Waals surface area contributed by atoms with Gasteiger partial charge in [-0.05, 0) is 6.07 Å². The molecule has 11 heavy (non-hydrogen) atoms. The van der Waals surface area contributed by atoms with E-state index in [1.165, 1.54) is 0 Å². The van der Waals surface area contributed by atoms with E-state index in [2.05, 4.69) is 11.4 Å². The van der Waals surface area contributed by atoms with Crippen LogP contribution in [0.1, 0.15) is 5.56 Å². The zero-order chi connectivity index (χ0) is 7.68. The lowest BCUT2D eigenvalue weighted by Gasteiger charge is -1.94. The Balaban J connectivity index is 2.58. The van der Waals surface area contributed by atoms with Gasteiger partial charge in [-0.15, -0.1) is 0 Å². The number of para-hydroxylation sites is 1. The molecule has 0 spiro atoms. The maximum Gasteiger partial charge on any atom is 0.101 e. The summed E-state index contributed by atoms with van der Waals surface area (Å²) >= 11 is 0. The molecule has 1 aliphatic rings. The zero-order valence-corrected chi connectivity index (χ0v) is 5.78. The van der Waals surface area contributed by atoms with Gasteiger partial charge in [0.05, 0.1) is 11.3 Å². The minimum absolute atomic E-state index is 0.653. The topological polar surface area (TPSA) is 37.9 Å². The van der Waals surface area contributed by atoms with Crippen LogP contribution >= 0.6 is 0 Å². The predicted octanol–water partition coefficient (Wildman–Crippen LogP) is 1.80. The summed E-state index contributed by atoms with van der Waals surface area (Å²) in [5, 5.41) is 12.7. The van der Waals surface area contributed by atoms with Gasteiger partial charge in [-0.3, -0.25) is 5.32 Å². The molecule has 0 bridgehead atoms. The summed E-state index contributed by atoms with van der Waals surface area (Å²) in [6, 6.07) is 9.71. The van der Waals surface area contributed by atoms with Crippen LogP contribution in [0, 0.1) is 11.3 Å². The van der Waals surface area contributed by atoms with E-state index in [-0.39, 0.29) is 0 Å². The Kier molecular flexibility index (Phi) is 1.16. The Hall–Kier alpha value is -1.75. The maximum absolute atomic E-state index is 8.63. The highest BCUT2D eigenvalue weighted by Crippen LogP contribution is 2.28. The van der Waals surface area contributed by atoms with Gasteiger partial charge in [0, 0.05) is 11.8 Å². The quantitative estimate of drug-likeness (QED) is 0.542. The molecule has 1 radical (unpaired) electrons. The molecule has 2 nitrogen and oxygen atoms in total. The first-order chi connectivity index (χ1) is 5.42. The second kappa shape index (κ2) is 2.14. The van der Waals surface area contributed by atoms with Crippen LogP contribution in [0.2, 0.25) is 0 Å². The summed E-state index contributed by atoms with van der Waals surface area (Å²) < 4.78 is 0. The summed E-state index contributed by atoms with van der Waals surface area (Å²) in [6.07, 6.45) is 1.60. The number of nitriles is 1. The third kappa shape index (κ3) is 0.786. The van der Waals surface area contributed by atoms with Crippen LogP contribution in [-0.2, 0) is 0 Å². The molecule has 0 N–H and O–H groups in total. The molecular weight excluding hydrogens is 136 g/mol. The lowest BCUT2D eigenvalue weighted by Crippen LogP contribution is -1.79. The minimum atomic E-state index is 0.653. The van der Waals surface area contributed by atoms with Crippen molar-refractivity contribution < 1.29 is 0 Å². The Morgan fingerprint density at radius 3 is 2.91 bits per heavy atom. The lowest BCUT2D eigenvalue weighted by atomic mass is 10.1. The van der Waals surface area contributed by atoms with Crippen LogP contribution in [0.25, 0.3) is 5.57 Å². The van der Waals surface area contributed by atoms with E-state index in [1.807, 2.05) is 24.3 Å². The Labute approximate surface area is 64.8 Å². The Morgan fingerprint density at radius 1 is 1.27 bits per heavy atom. The van der Waals surface area contributed by atoms with Crippen molar-refractivity contribution in [2.75, 3.05) is 0 Å². The first kappa shape index (κ1) is 5.99. The molecular formula is C9H5N2. The minimum Gasteiger partial charge on any atom is -0.255 e. The van der Waals surface area contributed by atoms with Gasteiger partial charge in [-0.2, -0.15) is 5.26 Å². The fourth-order valence-corrected chi connectivity index (χ4v) is 1.11. The van der Waals surface area contributed by atoms with Crippen molar-refractivity contribution in [1.82, 2.24) is 5.32 Å². The third-order valence-corrected chi connectivity index (χ3v) is 1.65. The Bertz CT molecular complexity index is 358. The van der Waals surface area contributed by atoms with Crippen LogP contribution in [0.4, 0.5) is 5.69 Å². The second-order valence-corrected chi connectivity index (χ2v) is 2.30. The highest BCUT2D eigenvalue weighted by Gasteiger charge is 2.12. The zero-order valence-electron chi connectivity index (χ0n) is 5.78. The molecule has 0 saturated carbocycles. The molecule has 1 aliphatic heterocycles. The van der Waals surface area contributed by atoms with E-state index >= 15 is 0 Å². The molecule has 0 aromatic heterocycles. The van der Waals surface area contributed by atoms with Gasteiger partial charge >= 0.3 is 0 Å². The fourth-order valence-electron chi connectivity index (χ4n) is 1.11. The molecule has 0 fully saturated rings. The average Bonchev–Trinajstić information content (AvgIpc) is 2.47. The highest BCUT2D eigenvalue weighted by molar-refractivity contribution is 5.86. The number of rotatable bonds is 0. The van der Waals surface area contributed by atoms with Gasteiger partial charge in [0.1, 0.15) is 6.07 Å². The molecule has 1 aromatic rings. The van der Waals surface area contributed by atoms with Crippen LogP contribution < -0.4 is 5.32 Å². The van der Waals surface area contributed by atoms with Crippen LogP contribution in [0.5, 0.6) is 0 Å². The lowest BCUT2D eigenvalue weighted by molar-refractivity contribution is 1.22. The molecule has 0 atom stereocenters. The summed E-state index contributed by atoms with van der Waals surface area (Å²) in [5.41, 5.74) is 2.49. The summed E-state index contributed by atoms with van der Waals surface area (Å²) in [4.78, 5) is 0. The van der Waals surface area contributed by atoms with E-state index in [9.17, 15) is 0 Å². The van der Waals surface area contributed by atoms with Crippen molar-refractivity contribution in [2.24, 2.45) is 0 Å². The van der Waals surface area contributed by atoms with Gasteiger partial charge < -0.3 is 0 Å². The van der Waals surface area contributed by atoms with Crippen molar-refractivity contribution in [3.63, 3.8) is 0 Å². The van der Waals surface area contributed by atoms with Crippen molar-refractivity contribution in [1.29, 1.82) is 5.26 Å².